The third-order valence-corrected chi connectivity index (χ3v) is 6.42. The Morgan fingerprint density at radius 3 is 2.56 bits per heavy atom. The van der Waals surface area contributed by atoms with Crippen molar-refractivity contribution in [3.8, 4) is 28.6 Å². The van der Waals surface area contributed by atoms with Crippen molar-refractivity contribution in [3.63, 3.8) is 0 Å². The molecule has 4 aromatic rings. The standard InChI is InChI=1S/C25H21N3O3S/c1-3-14-28-20-13-10-17(15-22(20)32-21-7-5-4-6-19(21)25(28)29)23-26-24(31-27-23)16-8-11-18(30-2)12-9-16/h4-13,15H,3,14H2,1-2H3. The van der Waals surface area contributed by atoms with Crippen LogP contribution in [0.1, 0.15) is 23.7 Å². The van der Waals surface area contributed by atoms with Gasteiger partial charge in [0.1, 0.15) is 5.75 Å². The second-order valence-corrected chi connectivity index (χ2v) is 8.47. The Labute approximate surface area is 190 Å². The number of hydrogen-bond acceptors (Lipinski definition) is 6. The lowest BCUT2D eigenvalue weighted by molar-refractivity contribution is 0.0984. The first kappa shape index (κ1) is 20.3. The molecule has 1 aliphatic heterocycles. The molecular formula is C25H21N3O3S. The van der Waals surface area contributed by atoms with Gasteiger partial charge in [-0.05, 0) is 61.0 Å². The number of anilines is 1. The first-order chi connectivity index (χ1) is 15.7. The van der Waals surface area contributed by atoms with Crippen LogP contribution in [0.5, 0.6) is 5.75 Å². The Morgan fingerprint density at radius 2 is 1.78 bits per heavy atom. The Bertz CT molecular complexity index is 1280. The van der Waals surface area contributed by atoms with Crippen molar-refractivity contribution in [2.24, 2.45) is 0 Å². The van der Waals surface area contributed by atoms with Crippen LogP contribution < -0.4 is 9.64 Å². The van der Waals surface area contributed by atoms with Crippen LogP contribution in [0.4, 0.5) is 5.69 Å². The van der Waals surface area contributed by atoms with Crippen LogP contribution in [0, 0.1) is 0 Å². The summed E-state index contributed by atoms with van der Waals surface area (Å²) in [6.07, 6.45) is 0.871. The highest BCUT2D eigenvalue weighted by Gasteiger charge is 2.27. The molecule has 1 aromatic heterocycles. The third kappa shape index (κ3) is 3.65. The van der Waals surface area contributed by atoms with E-state index in [4.69, 9.17) is 9.26 Å². The first-order valence-electron chi connectivity index (χ1n) is 10.4. The van der Waals surface area contributed by atoms with Gasteiger partial charge in [-0.25, -0.2) is 0 Å². The van der Waals surface area contributed by atoms with Crippen LogP contribution in [0.3, 0.4) is 0 Å². The van der Waals surface area contributed by atoms with E-state index in [-0.39, 0.29) is 5.91 Å². The molecule has 0 saturated heterocycles. The second kappa shape index (κ2) is 8.51. The maximum absolute atomic E-state index is 13.2. The molecule has 0 aliphatic carbocycles. The summed E-state index contributed by atoms with van der Waals surface area (Å²) in [6.45, 7) is 2.73. The zero-order chi connectivity index (χ0) is 22.1. The zero-order valence-corrected chi connectivity index (χ0v) is 18.6. The number of nitrogens with zero attached hydrogens (tertiary/aromatic N) is 3. The predicted octanol–water partition coefficient (Wildman–Crippen LogP) is 5.93. The van der Waals surface area contributed by atoms with Gasteiger partial charge < -0.3 is 14.2 Å². The van der Waals surface area contributed by atoms with Gasteiger partial charge in [-0.1, -0.05) is 36.0 Å². The number of benzene rings is 3. The topological polar surface area (TPSA) is 68.5 Å². The minimum absolute atomic E-state index is 0.0304. The molecular weight excluding hydrogens is 422 g/mol. The van der Waals surface area contributed by atoms with Gasteiger partial charge in [-0.3, -0.25) is 4.79 Å². The molecule has 0 radical (unpaired) electrons. The summed E-state index contributed by atoms with van der Waals surface area (Å²) in [7, 11) is 1.63. The first-order valence-corrected chi connectivity index (χ1v) is 11.2. The van der Waals surface area contributed by atoms with Crippen LogP contribution in [0.25, 0.3) is 22.8 Å². The summed E-state index contributed by atoms with van der Waals surface area (Å²) in [5.74, 6) is 1.74. The molecule has 1 aliphatic rings. The van der Waals surface area contributed by atoms with Crippen molar-refractivity contribution < 1.29 is 14.1 Å². The number of rotatable bonds is 5. The molecule has 0 N–H and O–H groups in total. The average Bonchev–Trinajstić information content (AvgIpc) is 3.29. The number of hydrogen-bond donors (Lipinski definition) is 0. The van der Waals surface area contributed by atoms with Gasteiger partial charge >= 0.3 is 0 Å². The molecule has 32 heavy (non-hydrogen) atoms. The maximum Gasteiger partial charge on any atom is 0.259 e. The van der Waals surface area contributed by atoms with Gasteiger partial charge in [0.05, 0.1) is 18.4 Å². The van der Waals surface area contributed by atoms with Gasteiger partial charge in [0.25, 0.3) is 11.8 Å². The van der Waals surface area contributed by atoms with Crippen LogP contribution in [-0.4, -0.2) is 29.7 Å². The van der Waals surface area contributed by atoms with E-state index in [1.807, 2.05) is 71.6 Å². The number of aromatic nitrogens is 2. The maximum atomic E-state index is 13.2. The highest BCUT2D eigenvalue weighted by Crippen LogP contribution is 2.43. The molecule has 0 bridgehead atoms. The Balaban J connectivity index is 1.53. The zero-order valence-electron chi connectivity index (χ0n) is 17.7. The summed E-state index contributed by atoms with van der Waals surface area (Å²) in [4.78, 5) is 21.6. The molecule has 1 amide bonds. The van der Waals surface area contributed by atoms with E-state index in [0.717, 1.165) is 44.3 Å². The van der Waals surface area contributed by atoms with Gasteiger partial charge in [0.15, 0.2) is 0 Å². The largest absolute Gasteiger partial charge is 0.497 e. The van der Waals surface area contributed by atoms with Crippen molar-refractivity contribution in [2.45, 2.75) is 23.1 Å². The van der Waals surface area contributed by atoms with Crippen molar-refractivity contribution in [3.05, 3.63) is 72.3 Å². The summed E-state index contributed by atoms with van der Waals surface area (Å²) in [5, 5.41) is 4.19. The number of amides is 1. The fourth-order valence-corrected chi connectivity index (χ4v) is 4.82. The number of carbonyl (C=O) groups is 1. The smallest absolute Gasteiger partial charge is 0.259 e. The Hall–Kier alpha value is -3.58. The van der Waals surface area contributed by atoms with E-state index in [1.165, 1.54) is 0 Å². The molecule has 5 rings (SSSR count). The van der Waals surface area contributed by atoms with Gasteiger partial charge in [-0.2, -0.15) is 4.98 Å². The minimum atomic E-state index is 0.0304. The quantitative estimate of drug-likeness (QED) is 0.381. The van der Waals surface area contributed by atoms with Crippen molar-refractivity contribution in [2.75, 3.05) is 18.6 Å². The van der Waals surface area contributed by atoms with Crippen molar-refractivity contribution in [1.82, 2.24) is 10.1 Å². The van der Waals surface area contributed by atoms with E-state index >= 15 is 0 Å². The lowest BCUT2D eigenvalue weighted by Gasteiger charge is -2.22. The molecule has 3 aromatic carbocycles. The van der Waals surface area contributed by atoms with E-state index < -0.39 is 0 Å². The number of fused-ring (bicyclic) bond motifs is 2. The van der Waals surface area contributed by atoms with Gasteiger partial charge in [0, 0.05) is 27.5 Å². The van der Waals surface area contributed by atoms with Crippen molar-refractivity contribution in [1.29, 1.82) is 0 Å². The summed E-state index contributed by atoms with van der Waals surface area (Å²) in [5.41, 5.74) is 3.29. The molecule has 0 spiro atoms. The lowest BCUT2D eigenvalue weighted by Crippen LogP contribution is -2.31. The van der Waals surface area contributed by atoms with Crippen LogP contribution >= 0.6 is 11.8 Å². The minimum Gasteiger partial charge on any atom is -0.497 e. The number of carbonyl (C=O) groups excluding carboxylic acids is 1. The SMILES string of the molecule is CCCN1C(=O)c2ccccc2Sc2cc(-c3noc(-c4ccc(OC)cc4)n3)ccc21. The Morgan fingerprint density at radius 1 is 1.00 bits per heavy atom. The second-order valence-electron chi connectivity index (χ2n) is 7.39. The lowest BCUT2D eigenvalue weighted by atomic mass is 10.1. The average molecular weight is 444 g/mol. The summed E-state index contributed by atoms with van der Waals surface area (Å²) in [6, 6.07) is 21.2. The number of ether oxygens (including phenoxy) is 1. The molecule has 160 valence electrons. The van der Waals surface area contributed by atoms with E-state index in [9.17, 15) is 4.79 Å². The third-order valence-electron chi connectivity index (χ3n) is 5.30. The fraction of sp³-hybridized carbons (Fsp3) is 0.160. The highest BCUT2D eigenvalue weighted by atomic mass is 32.2. The molecule has 7 heteroatoms. The van der Waals surface area contributed by atoms with Gasteiger partial charge in [-0.15, -0.1) is 0 Å². The molecule has 0 unspecified atom stereocenters. The number of methoxy groups -OCH3 is 1. The van der Waals surface area contributed by atoms with Crippen LogP contribution in [0.15, 0.2) is 81.0 Å². The summed E-state index contributed by atoms with van der Waals surface area (Å²) >= 11 is 1.59. The summed E-state index contributed by atoms with van der Waals surface area (Å²) < 4.78 is 10.7. The fourth-order valence-electron chi connectivity index (χ4n) is 3.70. The monoisotopic (exact) mass is 443 g/mol. The van der Waals surface area contributed by atoms with Crippen LogP contribution in [-0.2, 0) is 0 Å². The van der Waals surface area contributed by atoms with Gasteiger partial charge in [0.2, 0.25) is 5.82 Å². The van der Waals surface area contributed by atoms with Crippen LogP contribution in [0.2, 0.25) is 0 Å². The molecule has 2 heterocycles. The van der Waals surface area contributed by atoms with E-state index in [0.29, 0.717) is 18.3 Å². The van der Waals surface area contributed by atoms with Crippen molar-refractivity contribution >= 4 is 23.4 Å². The molecule has 0 fully saturated rings. The predicted molar refractivity (Wildman–Crippen MR) is 124 cm³/mol. The molecule has 0 saturated carbocycles. The Kier molecular flexibility index (Phi) is 5.41. The van der Waals surface area contributed by atoms with E-state index in [1.54, 1.807) is 18.9 Å². The normalized spacial score (nSPS) is 12.8. The molecule has 6 nitrogen and oxygen atoms in total. The molecule has 0 atom stereocenters. The highest BCUT2D eigenvalue weighted by molar-refractivity contribution is 7.99. The van der Waals surface area contributed by atoms with E-state index in [2.05, 4.69) is 17.1 Å².